The van der Waals surface area contributed by atoms with Crippen molar-refractivity contribution in [1.82, 2.24) is 23.9 Å². The number of aromatic nitrogens is 4. The summed E-state index contributed by atoms with van der Waals surface area (Å²) in [7, 11) is -3.45. The molecule has 1 saturated heterocycles. The molecule has 0 spiro atoms. The van der Waals surface area contributed by atoms with Gasteiger partial charge in [0.15, 0.2) is 9.86 Å². The molecule has 0 saturated carbocycles. The number of pyridine rings is 1. The van der Waals surface area contributed by atoms with Crippen molar-refractivity contribution in [2.45, 2.75) is 29.9 Å². The van der Waals surface area contributed by atoms with Crippen LogP contribution in [0.2, 0.25) is 5.02 Å². The maximum Gasteiger partial charge on any atom is 0.254 e. The maximum atomic E-state index is 12.7. The Morgan fingerprint density at radius 1 is 1.28 bits per heavy atom. The van der Waals surface area contributed by atoms with Gasteiger partial charge in [0.25, 0.3) is 10.0 Å². The number of fused-ring (bicyclic) bond motifs is 1. The largest absolute Gasteiger partial charge is 0.254 e. The molecule has 1 fully saturated rings. The van der Waals surface area contributed by atoms with Crippen LogP contribution in [0.1, 0.15) is 29.3 Å². The summed E-state index contributed by atoms with van der Waals surface area (Å²) in [6.45, 7) is 2.74. The Balaban J connectivity index is 1.53. The number of piperidine rings is 1. The molecule has 0 atom stereocenters. The van der Waals surface area contributed by atoms with Gasteiger partial charge in [-0.2, -0.15) is 9.40 Å². The van der Waals surface area contributed by atoms with Gasteiger partial charge in [0.2, 0.25) is 0 Å². The molecule has 10 heteroatoms. The monoisotopic (exact) mass is 397 g/mol. The zero-order valence-electron chi connectivity index (χ0n) is 13.5. The van der Waals surface area contributed by atoms with Crippen LogP contribution >= 0.6 is 22.9 Å². The fourth-order valence-electron chi connectivity index (χ4n) is 3.15. The molecule has 4 heterocycles. The molecule has 0 amide bonds. The molecule has 0 N–H and O–H groups in total. The molecule has 0 radical (unpaired) electrons. The average Bonchev–Trinajstić information content (AvgIpc) is 3.23. The lowest BCUT2D eigenvalue weighted by atomic mass is 9.91. The minimum Gasteiger partial charge on any atom is -0.249 e. The van der Waals surface area contributed by atoms with Gasteiger partial charge in [-0.05, 0) is 31.2 Å². The van der Waals surface area contributed by atoms with Crippen molar-refractivity contribution in [3.8, 4) is 0 Å². The number of hydrogen-bond donors (Lipinski definition) is 0. The van der Waals surface area contributed by atoms with Gasteiger partial charge in [-0.15, -0.1) is 11.3 Å². The van der Waals surface area contributed by atoms with E-state index in [9.17, 15) is 8.42 Å². The molecule has 4 rings (SSSR count). The molecule has 25 heavy (non-hydrogen) atoms. The second kappa shape index (κ2) is 6.31. The molecule has 1 aliphatic rings. The van der Waals surface area contributed by atoms with Gasteiger partial charge in [-0.3, -0.25) is 0 Å². The summed E-state index contributed by atoms with van der Waals surface area (Å²) >= 11 is 7.61. The van der Waals surface area contributed by atoms with Gasteiger partial charge in [-0.1, -0.05) is 11.6 Å². The summed E-state index contributed by atoms with van der Waals surface area (Å²) in [5.41, 5.74) is 1.69. The SMILES string of the molecule is Cc1ncc(S(=O)(=O)N2CCC(c3cn4ncnc4cc3Cl)CC2)s1. The van der Waals surface area contributed by atoms with Crippen molar-refractivity contribution < 1.29 is 8.42 Å². The molecule has 0 unspecified atom stereocenters. The van der Waals surface area contributed by atoms with Crippen LogP contribution in [-0.4, -0.2) is 45.4 Å². The van der Waals surface area contributed by atoms with Crippen LogP contribution in [0.3, 0.4) is 0 Å². The second-order valence-electron chi connectivity index (χ2n) is 6.02. The van der Waals surface area contributed by atoms with Gasteiger partial charge < -0.3 is 0 Å². The molecule has 0 aliphatic carbocycles. The summed E-state index contributed by atoms with van der Waals surface area (Å²) in [4.78, 5) is 8.18. The maximum absolute atomic E-state index is 12.7. The third kappa shape index (κ3) is 3.05. The number of aryl methyl sites for hydroxylation is 1. The summed E-state index contributed by atoms with van der Waals surface area (Å²) in [6, 6.07) is 1.80. The quantitative estimate of drug-likeness (QED) is 0.678. The first-order valence-electron chi connectivity index (χ1n) is 7.86. The van der Waals surface area contributed by atoms with E-state index in [1.165, 1.54) is 23.9 Å². The third-order valence-electron chi connectivity index (χ3n) is 4.48. The lowest BCUT2D eigenvalue weighted by Crippen LogP contribution is -2.37. The summed E-state index contributed by atoms with van der Waals surface area (Å²) in [6.07, 6.45) is 6.26. The Morgan fingerprint density at radius 2 is 2.04 bits per heavy atom. The zero-order valence-corrected chi connectivity index (χ0v) is 15.9. The number of hydrogen-bond acceptors (Lipinski definition) is 6. The molecule has 0 aromatic carbocycles. The third-order valence-corrected chi connectivity index (χ3v) is 8.06. The summed E-state index contributed by atoms with van der Waals surface area (Å²) < 4.78 is 28.9. The summed E-state index contributed by atoms with van der Waals surface area (Å²) in [5.74, 6) is 0.204. The van der Waals surface area contributed by atoms with Crippen molar-refractivity contribution in [2.24, 2.45) is 0 Å². The predicted molar refractivity (Wildman–Crippen MR) is 95.6 cm³/mol. The first-order valence-corrected chi connectivity index (χ1v) is 10.5. The highest BCUT2D eigenvalue weighted by atomic mass is 35.5. The Bertz CT molecular complexity index is 1020. The van der Waals surface area contributed by atoms with Crippen LogP contribution in [0.15, 0.2) is 29.0 Å². The van der Waals surface area contributed by atoms with Crippen molar-refractivity contribution >= 4 is 38.6 Å². The minimum atomic E-state index is -3.45. The van der Waals surface area contributed by atoms with E-state index in [1.54, 1.807) is 21.8 Å². The lowest BCUT2D eigenvalue weighted by Gasteiger charge is -2.31. The number of sulfonamides is 1. The van der Waals surface area contributed by atoms with Crippen LogP contribution in [0.5, 0.6) is 0 Å². The summed E-state index contributed by atoms with van der Waals surface area (Å²) in [5, 5.41) is 5.55. The van der Waals surface area contributed by atoms with Crippen LogP contribution in [0.4, 0.5) is 0 Å². The molecule has 0 bridgehead atoms. The van der Waals surface area contributed by atoms with Gasteiger partial charge in [0.05, 0.1) is 11.2 Å². The smallest absolute Gasteiger partial charge is 0.249 e. The van der Waals surface area contributed by atoms with Crippen molar-refractivity contribution in [3.05, 3.63) is 40.4 Å². The fraction of sp³-hybridized carbons (Fsp3) is 0.400. The Morgan fingerprint density at radius 3 is 2.72 bits per heavy atom. The van der Waals surface area contributed by atoms with E-state index < -0.39 is 10.0 Å². The molecular formula is C15H16ClN5O2S2. The Hall–Kier alpha value is -1.55. The fourth-order valence-corrected chi connectivity index (χ4v) is 6.18. The van der Waals surface area contributed by atoms with Crippen LogP contribution in [-0.2, 0) is 10.0 Å². The van der Waals surface area contributed by atoms with Crippen molar-refractivity contribution in [3.63, 3.8) is 0 Å². The lowest BCUT2D eigenvalue weighted by molar-refractivity contribution is 0.319. The highest BCUT2D eigenvalue weighted by molar-refractivity contribution is 7.91. The Kier molecular flexibility index (Phi) is 4.27. The van der Waals surface area contributed by atoms with Gasteiger partial charge in [0.1, 0.15) is 6.33 Å². The van der Waals surface area contributed by atoms with E-state index in [-0.39, 0.29) is 5.92 Å². The number of halogens is 1. The second-order valence-corrected chi connectivity index (χ2v) is 9.82. The highest BCUT2D eigenvalue weighted by Gasteiger charge is 2.32. The van der Waals surface area contributed by atoms with E-state index in [1.807, 2.05) is 6.20 Å². The number of thiazole rings is 1. The molecule has 1 aliphatic heterocycles. The normalized spacial score (nSPS) is 17.4. The Labute approximate surface area is 154 Å². The number of nitrogens with zero attached hydrogens (tertiary/aromatic N) is 5. The molecule has 3 aromatic heterocycles. The van der Waals surface area contributed by atoms with Crippen molar-refractivity contribution in [2.75, 3.05) is 13.1 Å². The van der Waals surface area contributed by atoms with E-state index in [2.05, 4.69) is 15.1 Å². The standard InChI is InChI=1S/C15H16ClN5O2S2/c1-10-17-7-15(24-10)25(22,23)20-4-2-11(3-5-20)12-8-21-14(6-13(12)16)18-9-19-21/h6-9,11H,2-5H2,1H3. The molecule has 7 nitrogen and oxygen atoms in total. The van der Waals surface area contributed by atoms with Crippen LogP contribution < -0.4 is 0 Å². The van der Waals surface area contributed by atoms with Crippen LogP contribution in [0.25, 0.3) is 5.65 Å². The first-order chi connectivity index (χ1) is 11.9. The highest BCUT2D eigenvalue weighted by Crippen LogP contribution is 2.35. The van der Waals surface area contributed by atoms with E-state index >= 15 is 0 Å². The molecular weight excluding hydrogens is 382 g/mol. The minimum absolute atomic E-state index is 0.204. The van der Waals surface area contributed by atoms with Gasteiger partial charge in [0, 0.05) is 30.4 Å². The van der Waals surface area contributed by atoms with E-state index in [0.29, 0.717) is 28.0 Å². The zero-order chi connectivity index (χ0) is 17.6. The van der Waals surface area contributed by atoms with Gasteiger partial charge >= 0.3 is 0 Å². The molecule has 132 valence electrons. The molecule has 3 aromatic rings. The van der Waals surface area contributed by atoms with Gasteiger partial charge in [-0.25, -0.2) is 22.9 Å². The van der Waals surface area contributed by atoms with E-state index in [4.69, 9.17) is 11.6 Å². The predicted octanol–water partition coefficient (Wildman–Crippen LogP) is 2.72. The van der Waals surface area contributed by atoms with E-state index in [0.717, 1.165) is 23.4 Å². The van der Waals surface area contributed by atoms with Crippen LogP contribution in [0, 0.1) is 6.92 Å². The topological polar surface area (TPSA) is 80.5 Å². The average molecular weight is 398 g/mol. The van der Waals surface area contributed by atoms with Crippen molar-refractivity contribution in [1.29, 1.82) is 0 Å². The first kappa shape index (κ1) is 16.9. The number of rotatable bonds is 3.